The predicted molar refractivity (Wildman–Crippen MR) is 122 cm³/mol. The largest absolute Gasteiger partial charge is 0.416 e. The lowest BCUT2D eigenvalue weighted by Gasteiger charge is -2.37. The van der Waals surface area contributed by atoms with E-state index in [1.165, 1.54) is 12.1 Å². The average Bonchev–Trinajstić information content (AvgIpc) is 2.63. The van der Waals surface area contributed by atoms with E-state index < -0.39 is 45.6 Å². The lowest BCUT2D eigenvalue weighted by Crippen LogP contribution is -2.31. The van der Waals surface area contributed by atoms with E-state index in [2.05, 4.69) is 0 Å². The van der Waals surface area contributed by atoms with E-state index in [0.717, 1.165) is 12.1 Å². The maximum atomic E-state index is 14.1. The van der Waals surface area contributed by atoms with Crippen molar-refractivity contribution in [2.24, 2.45) is 0 Å². The van der Waals surface area contributed by atoms with Gasteiger partial charge in [-0.25, -0.2) is 0 Å². The van der Waals surface area contributed by atoms with Crippen molar-refractivity contribution >= 4 is 0 Å². The Morgan fingerprint density at radius 1 is 0.545 bits per heavy atom. The molecular formula is C27H34F6. The highest BCUT2D eigenvalue weighted by Crippen LogP contribution is 2.48. The van der Waals surface area contributed by atoms with Crippen molar-refractivity contribution in [3.8, 4) is 0 Å². The summed E-state index contributed by atoms with van der Waals surface area (Å²) >= 11 is 0. The number of rotatable bonds is 3. The summed E-state index contributed by atoms with van der Waals surface area (Å²) in [6, 6.07) is 8.41. The van der Waals surface area contributed by atoms with Crippen molar-refractivity contribution in [1.82, 2.24) is 0 Å². The smallest absolute Gasteiger partial charge is 0.166 e. The zero-order valence-electron chi connectivity index (χ0n) is 20.8. The number of alkyl halides is 6. The molecule has 0 amide bonds. The maximum Gasteiger partial charge on any atom is 0.416 e. The Kier molecular flexibility index (Phi) is 6.90. The van der Waals surface area contributed by atoms with Crippen LogP contribution in [0, 0.1) is 0 Å². The molecule has 0 saturated carbocycles. The van der Waals surface area contributed by atoms with Crippen molar-refractivity contribution in [2.45, 2.75) is 96.8 Å². The Hall–Kier alpha value is -1.98. The van der Waals surface area contributed by atoms with E-state index in [0.29, 0.717) is 11.1 Å². The van der Waals surface area contributed by atoms with Crippen LogP contribution >= 0.6 is 0 Å². The van der Waals surface area contributed by atoms with Gasteiger partial charge in [-0.15, -0.1) is 0 Å². The third-order valence-corrected chi connectivity index (χ3v) is 6.66. The van der Waals surface area contributed by atoms with Crippen LogP contribution in [-0.4, -0.2) is 0 Å². The van der Waals surface area contributed by atoms with Gasteiger partial charge in [0, 0.05) is 0 Å². The number of hydrogen-bond donors (Lipinski definition) is 0. The normalized spacial score (nSPS) is 15.0. The van der Waals surface area contributed by atoms with Crippen molar-refractivity contribution in [3.63, 3.8) is 0 Å². The van der Waals surface area contributed by atoms with Crippen LogP contribution < -0.4 is 0 Å². The van der Waals surface area contributed by atoms with Crippen LogP contribution in [0.1, 0.15) is 102 Å². The highest BCUT2D eigenvalue weighted by atomic mass is 19.4. The van der Waals surface area contributed by atoms with E-state index in [4.69, 9.17) is 0 Å². The monoisotopic (exact) mass is 472 g/mol. The van der Waals surface area contributed by atoms with Gasteiger partial charge in [-0.05, 0) is 56.5 Å². The first-order valence-corrected chi connectivity index (χ1v) is 11.0. The molecule has 0 N–H and O–H groups in total. The van der Waals surface area contributed by atoms with Gasteiger partial charge in [-0.2, -0.15) is 26.3 Å². The zero-order valence-corrected chi connectivity index (χ0v) is 20.8. The van der Waals surface area contributed by atoms with Gasteiger partial charge >= 0.3 is 12.4 Å². The van der Waals surface area contributed by atoms with E-state index in [-0.39, 0.29) is 11.1 Å². The van der Waals surface area contributed by atoms with Crippen LogP contribution in [0.3, 0.4) is 0 Å². The molecule has 2 rings (SSSR count). The molecule has 0 nitrogen and oxygen atoms in total. The molecule has 0 aliphatic carbocycles. The molecule has 0 fully saturated rings. The Morgan fingerprint density at radius 2 is 0.939 bits per heavy atom. The number of halogens is 6. The second kappa shape index (κ2) is 8.35. The summed E-state index contributed by atoms with van der Waals surface area (Å²) in [7, 11) is 0. The Balaban J connectivity index is 2.74. The van der Waals surface area contributed by atoms with Crippen LogP contribution in [-0.2, 0) is 28.6 Å². The zero-order chi connectivity index (χ0) is 25.8. The van der Waals surface area contributed by atoms with Gasteiger partial charge in [0.25, 0.3) is 0 Å². The molecule has 0 aromatic heterocycles. The molecule has 2 aromatic carbocycles. The SMILES string of the molecule is CC(c1ccc(C(C)(C)C)cc1C(F)(F)F)C(C)(C)c1ccc(C(C)(C)C)cc1C(F)(F)F. The minimum Gasteiger partial charge on any atom is -0.166 e. The summed E-state index contributed by atoms with van der Waals surface area (Å²) in [4.78, 5) is 0. The van der Waals surface area contributed by atoms with E-state index in [1.807, 2.05) is 41.5 Å². The molecule has 0 bridgehead atoms. The van der Waals surface area contributed by atoms with Gasteiger partial charge in [-0.3, -0.25) is 0 Å². The van der Waals surface area contributed by atoms with Gasteiger partial charge in [0.1, 0.15) is 0 Å². The standard InChI is InChI=1S/C27H34F6/c1-16(19-12-10-17(23(2,3)4)14-21(19)26(28,29)30)25(8,9)20-13-11-18(24(5,6)7)15-22(20)27(31,32)33/h10-16H,1-9H3. The fraction of sp³-hybridized carbons (Fsp3) is 0.556. The molecule has 0 aliphatic rings. The van der Waals surface area contributed by atoms with E-state index >= 15 is 0 Å². The lowest BCUT2D eigenvalue weighted by molar-refractivity contribution is -0.140. The highest BCUT2D eigenvalue weighted by Gasteiger charge is 2.43. The fourth-order valence-corrected chi connectivity index (χ4v) is 4.08. The summed E-state index contributed by atoms with van der Waals surface area (Å²) in [5.74, 6) is -0.829. The van der Waals surface area contributed by atoms with E-state index in [9.17, 15) is 26.3 Å². The summed E-state index contributed by atoms with van der Waals surface area (Å²) < 4.78 is 84.4. The highest BCUT2D eigenvalue weighted by molar-refractivity contribution is 5.46. The topological polar surface area (TPSA) is 0 Å². The molecule has 184 valence electrons. The molecule has 0 aliphatic heterocycles. The Labute approximate surface area is 193 Å². The molecular weight excluding hydrogens is 438 g/mol. The molecule has 0 heterocycles. The van der Waals surface area contributed by atoms with Gasteiger partial charge in [0.05, 0.1) is 11.1 Å². The van der Waals surface area contributed by atoms with Crippen molar-refractivity contribution in [2.75, 3.05) is 0 Å². The number of benzene rings is 2. The summed E-state index contributed by atoms with van der Waals surface area (Å²) in [6.45, 7) is 15.7. The fourth-order valence-electron chi connectivity index (χ4n) is 4.08. The van der Waals surface area contributed by atoms with Gasteiger partial charge < -0.3 is 0 Å². The molecule has 33 heavy (non-hydrogen) atoms. The van der Waals surface area contributed by atoms with Gasteiger partial charge in [0.15, 0.2) is 0 Å². The molecule has 1 unspecified atom stereocenters. The minimum atomic E-state index is -4.63. The molecule has 6 heteroatoms. The Bertz CT molecular complexity index is 995. The van der Waals surface area contributed by atoms with Crippen molar-refractivity contribution in [3.05, 3.63) is 69.8 Å². The quantitative estimate of drug-likeness (QED) is 0.390. The maximum absolute atomic E-state index is 14.1. The average molecular weight is 473 g/mol. The first-order chi connectivity index (χ1) is 14.6. The van der Waals surface area contributed by atoms with Crippen LogP contribution in [0.15, 0.2) is 36.4 Å². The summed E-state index contributed by atoms with van der Waals surface area (Å²) in [6.07, 6.45) is -9.25. The minimum absolute atomic E-state index is 0.00600. The second-order valence-electron chi connectivity index (χ2n) is 11.5. The second-order valence-corrected chi connectivity index (χ2v) is 11.5. The molecule has 1 atom stereocenters. The lowest BCUT2D eigenvalue weighted by atomic mass is 9.68. The molecule has 0 saturated heterocycles. The van der Waals surface area contributed by atoms with Crippen molar-refractivity contribution in [1.29, 1.82) is 0 Å². The van der Waals surface area contributed by atoms with Crippen molar-refractivity contribution < 1.29 is 26.3 Å². The molecule has 0 spiro atoms. The third-order valence-electron chi connectivity index (χ3n) is 6.66. The predicted octanol–water partition coefficient (Wildman–Crippen LogP) is 9.40. The number of hydrogen-bond acceptors (Lipinski definition) is 0. The van der Waals surface area contributed by atoms with Gasteiger partial charge in [-0.1, -0.05) is 86.6 Å². The summed E-state index contributed by atoms with van der Waals surface area (Å²) in [5, 5.41) is 0. The summed E-state index contributed by atoms with van der Waals surface area (Å²) in [5.41, 5.74) is -2.78. The first-order valence-electron chi connectivity index (χ1n) is 11.0. The molecule has 2 aromatic rings. The third kappa shape index (κ3) is 5.75. The first kappa shape index (κ1) is 27.3. The van der Waals surface area contributed by atoms with Crippen LogP contribution in [0.5, 0.6) is 0 Å². The van der Waals surface area contributed by atoms with Crippen LogP contribution in [0.4, 0.5) is 26.3 Å². The molecule has 0 radical (unpaired) electrons. The van der Waals surface area contributed by atoms with E-state index in [1.54, 1.807) is 32.9 Å². The Morgan fingerprint density at radius 3 is 1.33 bits per heavy atom. The van der Waals surface area contributed by atoms with Crippen LogP contribution in [0.2, 0.25) is 0 Å². The van der Waals surface area contributed by atoms with Gasteiger partial charge in [0.2, 0.25) is 0 Å². The van der Waals surface area contributed by atoms with Crippen LogP contribution in [0.25, 0.3) is 0 Å².